The van der Waals surface area contributed by atoms with Gasteiger partial charge in [0.15, 0.2) is 44.0 Å². The van der Waals surface area contributed by atoms with Crippen LogP contribution in [0.1, 0.15) is 12.8 Å². The summed E-state index contributed by atoms with van der Waals surface area (Å²) >= 11 is 0. The molecule has 0 radical (unpaired) electrons. The molecule has 89 heavy (non-hydrogen) atoms. The summed E-state index contributed by atoms with van der Waals surface area (Å²) in [5.41, 5.74) is 0.254. The Bertz CT molecular complexity index is 2460. The minimum absolute atomic E-state index is 0.104. The van der Waals surface area contributed by atoms with Gasteiger partial charge in [0.2, 0.25) is 5.91 Å². The predicted molar refractivity (Wildman–Crippen MR) is 276 cm³/mol. The molecular formula is C51H77N3O35. The number of carbonyl (C=O) groups excluding carboxylic acids is 2. The Morgan fingerprint density at radius 2 is 0.562 bits per heavy atom. The summed E-state index contributed by atoms with van der Waals surface area (Å²) in [4.78, 5) is 27.2. The number of hydrogen-bond donors (Lipinski definition) is 22. The summed E-state index contributed by atoms with van der Waals surface area (Å²) in [5.74, 6) is -0.736. The van der Waals surface area contributed by atoms with E-state index >= 15 is 0 Å². The summed E-state index contributed by atoms with van der Waals surface area (Å²) in [5, 5.41) is 223. The van der Waals surface area contributed by atoms with Gasteiger partial charge in [-0.25, -0.2) is 4.79 Å². The van der Waals surface area contributed by atoms with Crippen molar-refractivity contribution in [3.05, 3.63) is 24.3 Å². The third kappa shape index (κ3) is 14.1. The normalized spacial score (nSPS) is 50.5. The fourth-order valence-electron chi connectivity index (χ4n) is 12.0. The van der Waals surface area contributed by atoms with Gasteiger partial charge in [0.1, 0.15) is 165 Å². The highest BCUT2D eigenvalue weighted by Gasteiger charge is 2.60. The van der Waals surface area contributed by atoms with Crippen molar-refractivity contribution in [1.82, 2.24) is 5.32 Å². The van der Waals surface area contributed by atoms with E-state index in [9.17, 15) is 107 Å². The van der Waals surface area contributed by atoms with Crippen LogP contribution in [0, 0.1) is 0 Å². The highest BCUT2D eigenvalue weighted by Crippen LogP contribution is 2.39. The lowest BCUT2D eigenvalue weighted by Gasteiger charge is -2.50. The molecule has 18 heterocycles. The third-order valence-corrected chi connectivity index (χ3v) is 17.0. The first-order valence-electron chi connectivity index (χ1n) is 28.7. The molecule has 18 aliphatic rings. The fraction of sp³-hybridized carbons (Fsp3) is 0.843. The summed E-state index contributed by atoms with van der Waals surface area (Å²) in [7, 11) is 0. The smallest absolute Gasteiger partial charge is 0.319 e. The number of aliphatic hydroxyl groups excluding tert-OH is 19. The topological polar surface area (TPSA) is 584 Å². The van der Waals surface area contributed by atoms with Gasteiger partial charge < -0.3 is 179 Å². The number of nitrogens with one attached hydrogen (secondary N) is 3. The van der Waals surface area contributed by atoms with Crippen LogP contribution in [0.4, 0.5) is 16.2 Å². The van der Waals surface area contributed by atoms with Crippen LogP contribution in [-0.4, -0.2) is 363 Å². The van der Waals surface area contributed by atoms with E-state index in [0.29, 0.717) is 0 Å². The van der Waals surface area contributed by atoms with E-state index < -0.39 is 279 Å². The first-order chi connectivity index (χ1) is 42.5. The highest BCUT2D eigenvalue weighted by molar-refractivity contribution is 5.92. The lowest BCUT2D eigenvalue weighted by molar-refractivity contribution is -0.396. The van der Waals surface area contributed by atoms with Crippen molar-refractivity contribution in [3.63, 3.8) is 0 Å². The molecule has 7 fully saturated rings. The number of fused-ring (bicyclic) bond motifs is 3. The van der Waals surface area contributed by atoms with E-state index in [1.165, 1.54) is 24.3 Å². The van der Waals surface area contributed by atoms with E-state index in [0.717, 1.165) is 0 Å². The van der Waals surface area contributed by atoms with E-state index in [4.69, 9.17) is 66.3 Å². The van der Waals surface area contributed by atoms with Crippen LogP contribution < -0.4 is 16.0 Å². The molecule has 1 aromatic rings. The van der Waals surface area contributed by atoms with Gasteiger partial charge in [-0.2, -0.15) is 0 Å². The van der Waals surface area contributed by atoms with Gasteiger partial charge in [-0.3, -0.25) is 4.79 Å². The summed E-state index contributed by atoms with van der Waals surface area (Å²) in [6.45, 7) is -6.07. The molecule has 506 valence electrons. The van der Waals surface area contributed by atoms with E-state index in [-0.39, 0.29) is 11.4 Å². The van der Waals surface area contributed by atoms with Crippen LogP contribution >= 0.6 is 0 Å². The molecule has 19 rings (SSSR count). The van der Waals surface area contributed by atoms with Gasteiger partial charge in [0, 0.05) is 24.3 Å². The number of ether oxygens (including phenoxy) is 14. The van der Waals surface area contributed by atoms with Crippen molar-refractivity contribution in [2.75, 3.05) is 50.2 Å². The Kier molecular flexibility index (Phi) is 22.4. The molecule has 18 aliphatic heterocycles. The number of rotatable bonds is 5. The molecule has 35 atom stereocenters. The monoisotopic (exact) mass is 1290 g/mol. The van der Waals surface area contributed by atoms with Gasteiger partial charge in [-0.05, 0) is 30.7 Å². The zero-order valence-corrected chi connectivity index (χ0v) is 46.7. The van der Waals surface area contributed by atoms with E-state index in [1.54, 1.807) is 0 Å². The van der Waals surface area contributed by atoms with Crippen molar-refractivity contribution < 1.29 is 173 Å². The summed E-state index contributed by atoms with van der Waals surface area (Å²) in [6.07, 6.45) is -72.6. The second kappa shape index (κ2) is 29.1. The molecule has 0 aromatic heterocycles. The van der Waals surface area contributed by atoms with E-state index in [2.05, 4.69) is 16.0 Å². The van der Waals surface area contributed by atoms with Crippen LogP contribution in [-0.2, 0) is 71.1 Å². The predicted octanol–water partition coefficient (Wildman–Crippen LogP) is -12.7. The molecule has 38 nitrogen and oxygen atoms in total. The number of hydrogen-bond acceptors (Lipinski definition) is 35. The second-order valence-corrected chi connectivity index (χ2v) is 22.8. The number of anilines is 2. The summed E-state index contributed by atoms with van der Waals surface area (Å²) in [6, 6.07) is 4.46. The SMILES string of the molecule is O=C1CCC2OC3OC4C(CO)OC(OC5C(CO)OC(OC6C(CO)OC(OC7C(CNC(=O)Nc8ccc(cc8)N1)OC(OC1C(CO)OC(OC8C(CO)OC(OC2C(O)C3O)C(O)C8O)C(O)C1O)C(O)C7O)C(O)C6O)C(O)C5O)C(O)C4O. The van der Waals surface area contributed by atoms with Crippen LogP contribution in [0.2, 0.25) is 0 Å². The van der Waals surface area contributed by atoms with Crippen molar-refractivity contribution in [2.24, 2.45) is 0 Å². The number of aliphatic hydroxyl groups is 19. The molecule has 0 saturated carbocycles. The maximum absolute atomic E-state index is 13.7. The molecule has 35 unspecified atom stereocenters. The lowest BCUT2D eigenvalue weighted by atomic mass is 9.93. The average Bonchev–Trinajstić information content (AvgIpc) is 0.955. The molecule has 38 heteroatoms. The molecule has 16 bridgehead atoms. The first kappa shape index (κ1) is 68.5. The highest BCUT2D eigenvalue weighted by atomic mass is 16.8. The Morgan fingerprint density at radius 3 is 0.865 bits per heavy atom. The molecule has 1 aromatic carbocycles. The number of urea groups is 1. The van der Waals surface area contributed by atoms with Crippen LogP contribution in [0.3, 0.4) is 0 Å². The Morgan fingerprint density at radius 1 is 0.315 bits per heavy atom. The van der Waals surface area contributed by atoms with Crippen molar-refractivity contribution in [1.29, 1.82) is 0 Å². The van der Waals surface area contributed by atoms with Gasteiger partial charge in [0.25, 0.3) is 0 Å². The molecule has 0 aliphatic carbocycles. The fourth-order valence-corrected chi connectivity index (χ4v) is 12.0. The standard InChI is InChI=1S/C51H77N3O35/c55-8-17-39-27(65)34(72)48(80-17)89-43-21(12-59)82-50(36(74)29(43)67)88-42-20(11-58)79-47(33(71)26(42)64)84-38-16-7-52-51(75)54-14-3-1-13(2-4-14)53-22(60)6-5-15-37(23(61)30(68)44(76-15)85-39)83-46-32(70)25(63)41(19(10-57)78-46)87-49-35(73)28(66)40(18(9-56)81-49)86-45(77-16)31(69)24(38)62/h1-4,15-21,23-50,55-59,61-74H,5-12H2,(H,53,60)(H2,52,54,75). The minimum Gasteiger partial charge on any atom is -0.394 e. The Hall–Kier alpha value is -3.36. The van der Waals surface area contributed by atoms with E-state index in [1.807, 2.05) is 0 Å². The van der Waals surface area contributed by atoms with Gasteiger partial charge in [-0.1, -0.05) is 0 Å². The molecule has 7 saturated heterocycles. The van der Waals surface area contributed by atoms with Crippen LogP contribution in [0.15, 0.2) is 24.3 Å². The molecule has 3 amide bonds. The van der Waals surface area contributed by atoms with Crippen LogP contribution in [0.25, 0.3) is 0 Å². The molecule has 22 N–H and O–H groups in total. The first-order valence-corrected chi connectivity index (χ1v) is 28.7. The zero-order valence-electron chi connectivity index (χ0n) is 46.7. The minimum atomic E-state index is -2.27. The second-order valence-electron chi connectivity index (χ2n) is 22.8. The molecular weight excluding hydrogens is 1210 g/mol. The Balaban J connectivity index is 1.03. The average molecular weight is 1290 g/mol. The Labute approximate surface area is 502 Å². The van der Waals surface area contributed by atoms with Crippen molar-refractivity contribution in [3.8, 4) is 0 Å². The number of benzene rings is 1. The maximum atomic E-state index is 13.7. The van der Waals surface area contributed by atoms with Gasteiger partial charge in [0.05, 0.1) is 39.1 Å². The maximum Gasteiger partial charge on any atom is 0.319 e. The van der Waals surface area contributed by atoms with Crippen molar-refractivity contribution in [2.45, 2.75) is 228 Å². The molecule has 0 spiro atoms. The van der Waals surface area contributed by atoms with Crippen LogP contribution in [0.5, 0.6) is 0 Å². The quantitative estimate of drug-likeness (QED) is 0.130. The summed E-state index contributed by atoms with van der Waals surface area (Å²) < 4.78 is 82.3. The zero-order chi connectivity index (χ0) is 64.0. The third-order valence-electron chi connectivity index (χ3n) is 17.0. The number of amides is 3. The lowest BCUT2D eigenvalue weighted by Crippen LogP contribution is -2.68. The van der Waals surface area contributed by atoms with Gasteiger partial charge >= 0.3 is 6.03 Å². The van der Waals surface area contributed by atoms with Crippen molar-refractivity contribution >= 4 is 23.3 Å². The largest absolute Gasteiger partial charge is 0.394 e. The number of carbonyl (C=O) groups is 2. The van der Waals surface area contributed by atoms with Gasteiger partial charge in [-0.15, -0.1) is 0 Å².